The van der Waals surface area contributed by atoms with Crippen molar-refractivity contribution in [3.05, 3.63) is 78.2 Å². The van der Waals surface area contributed by atoms with Gasteiger partial charge in [0.2, 0.25) is 0 Å². The molecule has 1 heterocycles. The summed E-state index contributed by atoms with van der Waals surface area (Å²) in [5.74, 6) is 0.996. The first-order valence-electron chi connectivity index (χ1n) is 8.76. The Kier molecular flexibility index (Phi) is 5.99. The van der Waals surface area contributed by atoms with Gasteiger partial charge in [0.25, 0.3) is 5.91 Å². The molecule has 0 aliphatic heterocycles. The molecule has 0 fully saturated rings. The Labute approximate surface area is 158 Å². The van der Waals surface area contributed by atoms with Gasteiger partial charge in [-0.1, -0.05) is 42.5 Å². The van der Waals surface area contributed by atoms with Crippen LogP contribution in [-0.4, -0.2) is 29.5 Å². The number of hydrogen-bond acceptors (Lipinski definition) is 5. The summed E-state index contributed by atoms with van der Waals surface area (Å²) in [5, 5.41) is 2.80. The molecule has 6 nitrogen and oxygen atoms in total. The van der Waals surface area contributed by atoms with Crippen LogP contribution in [0.15, 0.2) is 67.0 Å². The van der Waals surface area contributed by atoms with Crippen LogP contribution in [0, 0.1) is 0 Å². The molecule has 3 rings (SSSR count). The molecule has 6 heteroatoms. The largest absolute Gasteiger partial charge is 0.495 e. The van der Waals surface area contributed by atoms with E-state index in [0.29, 0.717) is 11.4 Å². The molecule has 0 spiro atoms. The maximum atomic E-state index is 12.4. The second-order valence-corrected chi connectivity index (χ2v) is 5.91. The van der Waals surface area contributed by atoms with Crippen molar-refractivity contribution < 1.29 is 9.53 Å². The second-order valence-electron chi connectivity index (χ2n) is 5.91. The van der Waals surface area contributed by atoms with Crippen LogP contribution in [0.5, 0.6) is 5.75 Å². The molecule has 1 aromatic heterocycles. The number of carbonyl (C=O) groups is 1. The lowest BCUT2D eigenvalue weighted by molar-refractivity contribution is 0.102. The number of carbonyl (C=O) groups excluding carboxylic acids is 1. The average Bonchev–Trinajstić information content (AvgIpc) is 2.73. The maximum Gasteiger partial charge on any atom is 0.275 e. The van der Waals surface area contributed by atoms with Gasteiger partial charge in [-0.25, -0.2) is 9.97 Å². The minimum atomic E-state index is -0.329. The van der Waals surface area contributed by atoms with Gasteiger partial charge in [0.1, 0.15) is 17.3 Å². The van der Waals surface area contributed by atoms with Crippen molar-refractivity contribution in [3.8, 4) is 5.75 Å². The van der Waals surface area contributed by atoms with Crippen molar-refractivity contribution in [2.45, 2.75) is 13.5 Å². The van der Waals surface area contributed by atoms with E-state index in [1.54, 1.807) is 25.4 Å². The fourth-order valence-electron chi connectivity index (χ4n) is 2.69. The van der Waals surface area contributed by atoms with Gasteiger partial charge >= 0.3 is 0 Å². The number of hydrogen-bond donors (Lipinski definition) is 1. The quantitative estimate of drug-likeness (QED) is 0.693. The van der Waals surface area contributed by atoms with Gasteiger partial charge in [0.05, 0.1) is 25.2 Å². The number of para-hydroxylation sites is 2. The van der Waals surface area contributed by atoms with Gasteiger partial charge in [-0.3, -0.25) is 4.79 Å². The molecule has 0 aliphatic carbocycles. The smallest absolute Gasteiger partial charge is 0.275 e. The van der Waals surface area contributed by atoms with E-state index in [1.165, 1.54) is 11.8 Å². The lowest BCUT2D eigenvalue weighted by Crippen LogP contribution is -2.24. The molecule has 0 atom stereocenters. The minimum Gasteiger partial charge on any atom is -0.495 e. The van der Waals surface area contributed by atoms with Crippen molar-refractivity contribution in [2.75, 3.05) is 23.9 Å². The van der Waals surface area contributed by atoms with Crippen LogP contribution < -0.4 is 15.0 Å². The Bertz CT molecular complexity index is 882. The molecule has 1 N–H and O–H groups in total. The number of rotatable bonds is 7. The van der Waals surface area contributed by atoms with Crippen molar-refractivity contribution in [1.29, 1.82) is 0 Å². The Morgan fingerprint density at radius 1 is 1.04 bits per heavy atom. The molecule has 27 heavy (non-hydrogen) atoms. The van der Waals surface area contributed by atoms with Gasteiger partial charge in [-0.2, -0.15) is 0 Å². The highest BCUT2D eigenvalue weighted by Gasteiger charge is 2.13. The van der Waals surface area contributed by atoms with Gasteiger partial charge in [-0.05, 0) is 24.6 Å². The zero-order valence-electron chi connectivity index (χ0n) is 15.4. The molecule has 0 saturated carbocycles. The van der Waals surface area contributed by atoms with Crippen molar-refractivity contribution in [3.63, 3.8) is 0 Å². The highest BCUT2D eigenvalue weighted by Crippen LogP contribution is 2.23. The zero-order valence-corrected chi connectivity index (χ0v) is 15.4. The third-order valence-corrected chi connectivity index (χ3v) is 4.15. The molecule has 3 aromatic rings. The van der Waals surface area contributed by atoms with Crippen LogP contribution in [0.3, 0.4) is 0 Å². The third-order valence-electron chi connectivity index (χ3n) is 4.15. The molecule has 0 unspecified atom stereocenters. The predicted octanol–water partition coefficient (Wildman–Crippen LogP) is 3.76. The molecule has 138 valence electrons. The van der Waals surface area contributed by atoms with Gasteiger partial charge < -0.3 is 15.0 Å². The Hall–Kier alpha value is -3.41. The van der Waals surface area contributed by atoms with Crippen LogP contribution in [-0.2, 0) is 6.54 Å². The van der Waals surface area contributed by atoms with E-state index in [1.807, 2.05) is 30.3 Å². The number of benzene rings is 2. The van der Waals surface area contributed by atoms with E-state index in [2.05, 4.69) is 39.2 Å². The van der Waals surface area contributed by atoms with Crippen molar-refractivity contribution >= 4 is 17.4 Å². The molecular formula is C21H22N4O2. The molecular weight excluding hydrogens is 340 g/mol. The monoisotopic (exact) mass is 362 g/mol. The fraction of sp³-hybridized carbons (Fsp3) is 0.190. The first-order valence-corrected chi connectivity index (χ1v) is 8.76. The van der Waals surface area contributed by atoms with Crippen LogP contribution in [0.1, 0.15) is 23.0 Å². The fourth-order valence-corrected chi connectivity index (χ4v) is 2.69. The standard InChI is InChI=1S/C21H22N4O2/c1-3-25(15-16-9-5-4-6-10-16)20-14-22-18(13-23-20)21(26)24-17-11-7-8-12-19(17)27-2/h4-14H,3,15H2,1-2H3,(H,24,26). The molecule has 0 aliphatic rings. The lowest BCUT2D eigenvalue weighted by Gasteiger charge is -2.21. The summed E-state index contributed by atoms with van der Waals surface area (Å²) in [6, 6.07) is 17.4. The normalized spacial score (nSPS) is 10.3. The van der Waals surface area contributed by atoms with Gasteiger partial charge in [0.15, 0.2) is 0 Å². The summed E-state index contributed by atoms with van der Waals surface area (Å²) in [6.07, 6.45) is 3.12. The first-order chi connectivity index (χ1) is 13.2. The van der Waals surface area contributed by atoms with Crippen molar-refractivity contribution in [1.82, 2.24) is 9.97 Å². The van der Waals surface area contributed by atoms with E-state index in [4.69, 9.17) is 4.74 Å². The summed E-state index contributed by atoms with van der Waals surface area (Å²) in [4.78, 5) is 23.2. The summed E-state index contributed by atoms with van der Waals surface area (Å²) in [6.45, 7) is 3.59. The lowest BCUT2D eigenvalue weighted by atomic mass is 10.2. The third kappa shape index (κ3) is 4.61. The van der Waals surface area contributed by atoms with Crippen molar-refractivity contribution in [2.24, 2.45) is 0 Å². The van der Waals surface area contributed by atoms with Crippen LogP contribution in [0.25, 0.3) is 0 Å². The van der Waals surface area contributed by atoms with Gasteiger partial charge in [0, 0.05) is 13.1 Å². The van der Waals surface area contributed by atoms with Crippen LogP contribution in [0.2, 0.25) is 0 Å². The molecule has 1 amide bonds. The molecule has 2 aromatic carbocycles. The summed E-state index contributed by atoms with van der Waals surface area (Å²) >= 11 is 0. The maximum absolute atomic E-state index is 12.4. The number of anilines is 2. The number of nitrogens with one attached hydrogen (secondary N) is 1. The zero-order chi connectivity index (χ0) is 19.1. The minimum absolute atomic E-state index is 0.250. The van der Waals surface area contributed by atoms with E-state index in [-0.39, 0.29) is 11.6 Å². The Morgan fingerprint density at radius 3 is 2.44 bits per heavy atom. The number of nitrogens with zero attached hydrogens (tertiary/aromatic N) is 3. The van der Waals surface area contributed by atoms with Crippen LogP contribution in [0.4, 0.5) is 11.5 Å². The number of ether oxygens (including phenoxy) is 1. The van der Waals surface area contributed by atoms with E-state index in [0.717, 1.165) is 18.9 Å². The first kappa shape index (κ1) is 18.4. The Morgan fingerprint density at radius 2 is 1.78 bits per heavy atom. The van der Waals surface area contributed by atoms with Gasteiger partial charge in [-0.15, -0.1) is 0 Å². The van der Waals surface area contributed by atoms with E-state index < -0.39 is 0 Å². The highest BCUT2D eigenvalue weighted by molar-refractivity contribution is 6.03. The topological polar surface area (TPSA) is 67.4 Å². The number of methoxy groups -OCH3 is 1. The number of aromatic nitrogens is 2. The SMILES string of the molecule is CCN(Cc1ccccc1)c1cnc(C(=O)Nc2ccccc2OC)cn1. The predicted molar refractivity (Wildman–Crippen MR) is 106 cm³/mol. The van der Waals surface area contributed by atoms with E-state index >= 15 is 0 Å². The summed E-state index contributed by atoms with van der Waals surface area (Å²) in [5.41, 5.74) is 2.04. The number of amides is 1. The highest BCUT2D eigenvalue weighted by atomic mass is 16.5. The summed E-state index contributed by atoms with van der Waals surface area (Å²) < 4.78 is 5.25. The molecule has 0 radical (unpaired) electrons. The second kappa shape index (κ2) is 8.80. The molecule has 0 saturated heterocycles. The average molecular weight is 362 g/mol. The Balaban J connectivity index is 1.71. The van der Waals surface area contributed by atoms with Crippen LogP contribution >= 0.6 is 0 Å². The molecule has 0 bridgehead atoms. The van der Waals surface area contributed by atoms with E-state index in [9.17, 15) is 4.79 Å². The summed E-state index contributed by atoms with van der Waals surface area (Å²) in [7, 11) is 1.56.